The predicted octanol–water partition coefficient (Wildman–Crippen LogP) is 6.69. The zero-order valence-corrected chi connectivity index (χ0v) is 24.8. The van der Waals surface area contributed by atoms with Gasteiger partial charge in [0.05, 0.1) is 17.9 Å². The summed E-state index contributed by atoms with van der Waals surface area (Å²) in [5, 5.41) is 14.4. The molecule has 41 heavy (non-hydrogen) atoms. The van der Waals surface area contributed by atoms with Crippen LogP contribution in [0.1, 0.15) is 82.8 Å². The first-order valence-corrected chi connectivity index (χ1v) is 14.4. The Morgan fingerprint density at radius 1 is 0.976 bits per heavy atom. The van der Waals surface area contributed by atoms with Gasteiger partial charge in [0, 0.05) is 29.2 Å². The number of nitrogens with zero attached hydrogens (tertiary/aromatic N) is 6. The average Bonchev–Trinajstić information content (AvgIpc) is 3.60. The molecule has 5 aromatic rings. The van der Waals surface area contributed by atoms with Crippen molar-refractivity contribution in [1.29, 1.82) is 0 Å². The van der Waals surface area contributed by atoms with Crippen LogP contribution in [0.3, 0.4) is 0 Å². The summed E-state index contributed by atoms with van der Waals surface area (Å²) in [6.45, 7) is 13.6. The topological polar surface area (TPSA) is 94.3 Å². The van der Waals surface area contributed by atoms with Gasteiger partial charge in [0.2, 0.25) is 0 Å². The number of pyridine rings is 1. The molecule has 3 aromatic heterocycles. The smallest absolute Gasteiger partial charge is 0.290 e. The van der Waals surface area contributed by atoms with Crippen molar-refractivity contribution in [3.63, 3.8) is 0 Å². The van der Waals surface area contributed by atoms with E-state index >= 15 is 0 Å². The van der Waals surface area contributed by atoms with Crippen LogP contribution in [0.5, 0.6) is 0 Å². The molecule has 0 aliphatic heterocycles. The summed E-state index contributed by atoms with van der Waals surface area (Å²) in [6, 6.07) is 18.4. The molecule has 8 nitrogen and oxygen atoms in total. The Labute approximate surface area is 241 Å². The van der Waals surface area contributed by atoms with Gasteiger partial charge in [0.25, 0.3) is 0 Å². The van der Waals surface area contributed by atoms with Gasteiger partial charge in [-0.15, -0.1) is 5.10 Å². The second-order valence-corrected chi connectivity index (χ2v) is 11.9. The molecule has 0 unspecified atom stereocenters. The highest BCUT2D eigenvalue weighted by Gasteiger charge is 2.25. The monoisotopic (exact) mass is 549 g/mol. The van der Waals surface area contributed by atoms with Gasteiger partial charge in [-0.3, -0.25) is 14.1 Å². The molecule has 1 N–H and O–H groups in total. The number of hydrogen-bond donors (Lipinski definition) is 1. The fraction of sp³-hybridized carbons (Fsp3) is 0.364. The lowest BCUT2D eigenvalue weighted by molar-refractivity contribution is 0.582. The number of imidazole rings is 1. The molecule has 8 heteroatoms. The van der Waals surface area contributed by atoms with Crippen LogP contribution in [-0.4, -0.2) is 34.7 Å². The number of para-hydroxylation sites is 1. The number of aromatic amines is 1. The lowest BCUT2D eigenvalue weighted by atomic mass is 9.83. The quantitative estimate of drug-likeness (QED) is 0.221. The Morgan fingerprint density at radius 2 is 1.76 bits per heavy atom. The fourth-order valence-corrected chi connectivity index (χ4v) is 5.37. The molecular formula is C33H39N7O. The standard InChI is InChI=1S/C33H39N7O/c1-7-8-12-25-21-40(30-26(22(2)3)15-11-16-29(30)33(4,5)6)32(41)39(25)20-24-18-17-23(19-34-24)27-13-9-10-14-28(27)31-35-37-38-36-31/h9-11,13-19,21-22H,7-8,12,20H2,1-6H3,(H,35,36,37,38). The minimum Gasteiger partial charge on any atom is -0.290 e. The van der Waals surface area contributed by atoms with Crippen molar-refractivity contribution >= 4 is 0 Å². The molecule has 3 heterocycles. The van der Waals surface area contributed by atoms with Crippen LogP contribution in [0.2, 0.25) is 0 Å². The van der Waals surface area contributed by atoms with Crippen LogP contribution in [0.4, 0.5) is 0 Å². The lowest BCUT2D eigenvalue weighted by Gasteiger charge is -2.26. The summed E-state index contributed by atoms with van der Waals surface area (Å²) in [6.07, 6.45) is 6.83. The molecule has 0 aliphatic rings. The largest absolute Gasteiger partial charge is 0.333 e. The highest BCUT2D eigenvalue weighted by Crippen LogP contribution is 2.34. The van der Waals surface area contributed by atoms with Crippen LogP contribution < -0.4 is 5.69 Å². The van der Waals surface area contributed by atoms with E-state index in [1.807, 2.05) is 51.7 Å². The van der Waals surface area contributed by atoms with E-state index < -0.39 is 0 Å². The molecule has 0 saturated carbocycles. The summed E-state index contributed by atoms with van der Waals surface area (Å²) in [5.74, 6) is 0.890. The van der Waals surface area contributed by atoms with Crippen LogP contribution >= 0.6 is 0 Å². The molecule has 0 fully saturated rings. The summed E-state index contributed by atoms with van der Waals surface area (Å²) >= 11 is 0. The van der Waals surface area contributed by atoms with Gasteiger partial charge in [-0.2, -0.15) is 0 Å². The van der Waals surface area contributed by atoms with Crippen LogP contribution in [0.25, 0.3) is 28.2 Å². The molecule has 0 spiro atoms. The second-order valence-electron chi connectivity index (χ2n) is 11.9. The number of nitrogens with one attached hydrogen (secondary N) is 1. The third-order valence-corrected chi connectivity index (χ3v) is 7.57. The zero-order chi connectivity index (χ0) is 29.1. The van der Waals surface area contributed by atoms with Gasteiger partial charge in [-0.1, -0.05) is 96.5 Å². The lowest BCUT2D eigenvalue weighted by Crippen LogP contribution is -2.28. The number of aromatic nitrogens is 7. The van der Waals surface area contributed by atoms with Crippen molar-refractivity contribution in [2.45, 2.75) is 78.7 Å². The molecule has 2 aromatic carbocycles. The molecule has 0 aliphatic carbocycles. The molecule has 0 bridgehead atoms. The molecule has 0 radical (unpaired) electrons. The van der Waals surface area contributed by atoms with E-state index in [4.69, 9.17) is 4.98 Å². The van der Waals surface area contributed by atoms with E-state index in [0.717, 1.165) is 53.0 Å². The Balaban J connectivity index is 1.55. The number of unbranched alkanes of at least 4 members (excludes halogenated alkanes) is 1. The van der Waals surface area contributed by atoms with Crippen molar-refractivity contribution in [2.24, 2.45) is 0 Å². The van der Waals surface area contributed by atoms with E-state index in [9.17, 15) is 4.79 Å². The Morgan fingerprint density at radius 3 is 2.39 bits per heavy atom. The molecule has 0 amide bonds. The highest BCUT2D eigenvalue weighted by atomic mass is 16.1. The van der Waals surface area contributed by atoms with E-state index in [1.54, 1.807) is 0 Å². The molecule has 212 valence electrons. The number of aryl methyl sites for hydroxylation is 1. The summed E-state index contributed by atoms with van der Waals surface area (Å²) in [7, 11) is 0. The minimum atomic E-state index is -0.110. The van der Waals surface area contributed by atoms with Crippen LogP contribution in [0.15, 0.2) is 71.8 Å². The number of benzene rings is 2. The fourth-order valence-electron chi connectivity index (χ4n) is 5.37. The van der Waals surface area contributed by atoms with E-state index in [2.05, 4.69) is 86.6 Å². The van der Waals surface area contributed by atoms with Gasteiger partial charge in [-0.05, 0) is 57.4 Å². The second kappa shape index (κ2) is 11.6. The van der Waals surface area contributed by atoms with Crippen molar-refractivity contribution in [3.8, 4) is 28.2 Å². The Hall–Kier alpha value is -4.33. The first-order valence-electron chi connectivity index (χ1n) is 14.4. The SMILES string of the molecule is CCCCc1cn(-c2c(C(C)C)cccc2C(C)(C)C)c(=O)n1Cc1ccc(-c2ccccc2-c2nnn[nH]2)cn1. The molecule has 0 atom stereocenters. The van der Waals surface area contributed by atoms with Crippen molar-refractivity contribution in [2.75, 3.05) is 0 Å². The third-order valence-electron chi connectivity index (χ3n) is 7.57. The number of hydrogen-bond acceptors (Lipinski definition) is 5. The normalized spacial score (nSPS) is 11.9. The molecule has 0 saturated heterocycles. The molecule has 5 rings (SSSR count). The Kier molecular flexibility index (Phi) is 8.01. The van der Waals surface area contributed by atoms with Gasteiger partial charge < -0.3 is 0 Å². The van der Waals surface area contributed by atoms with E-state index in [1.165, 1.54) is 11.1 Å². The number of rotatable bonds is 9. The third kappa shape index (κ3) is 5.78. The maximum absolute atomic E-state index is 14.2. The number of H-pyrrole nitrogens is 1. The van der Waals surface area contributed by atoms with Crippen LogP contribution in [0, 0.1) is 0 Å². The first-order chi connectivity index (χ1) is 19.7. The minimum absolute atomic E-state index is 0.0243. The van der Waals surface area contributed by atoms with Gasteiger partial charge in [0.1, 0.15) is 0 Å². The summed E-state index contributed by atoms with van der Waals surface area (Å²) in [4.78, 5) is 18.9. The van der Waals surface area contributed by atoms with Gasteiger partial charge >= 0.3 is 5.69 Å². The van der Waals surface area contributed by atoms with Crippen molar-refractivity contribution in [3.05, 3.63) is 100.0 Å². The van der Waals surface area contributed by atoms with Gasteiger partial charge in [-0.25, -0.2) is 9.89 Å². The summed E-state index contributed by atoms with van der Waals surface area (Å²) < 4.78 is 3.78. The van der Waals surface area contributed by atoms with Crippen LogP contribution in [-0.2, 0) is 18.4 Å². The number of tetrazole rings is 1. The summed E-state index contributed by atoms with van der Waals surface area (Å²) in [5.41, 5.74) is 7.94. The predicted molar refractivity (Wildman–Crippen MR) is 163 cm³/mol. The first kappa shape index (κ1) is 28.2. The van der Waals surface area contributed by atoms with E-state index in [-0.39, 0.29) is 17.0 Å². The Bertz CT molecular complexity index is 1670. The zero-order valence-electron chi connectivity index (χ0n) is 24.8. The maximum atomic E-state index is 14.2. The van der Waals surface area contributed by atoms with E-state index in [0.29, 0.717) is 12.4 Å². The highest BCUT2D eigenvalue weighted by molar-refractivity contribution is 5.79. The maximum Gasteiger partial charge on any atom is 0.333 e. The van der Waals surface area contributed by atoms with Gasteiger partial charge in [0.15, 0.2) is 5.82 Å². The molecular weight excluding hydrogens is 510 g/mol. The van der Waals surface area contributed by atoms with Crippen molar-refractivity contribution in [1.82, 2.24) is 34.7 Å². The van der Waals surface area contributed by atoms with Crippen molar-refractivity contribution < 1.29 is 0 Å². The average molecular weight is 550 g/mol.